The number of rotatable bonds is 2. The number of nitrogens with two attached hydrogens (primary N) is 1. The molecule has 0 saturated carbocycles. The number of carboxylic acid groups (broad SMARTS) is 1. The third kappa shape index (κ3) is 2.03. The maximum atomic E-state index is 10.6. The van der Waals surface area contributed by atoms with E-state index in [1.165, 1.54) is 12.1 Å². The molecule has 0 unspecified atom stereocenters. The van der Waals surface area contributed by atoms with Crippen molar-refractivity contribution in [1.82, 2.24) is 0 Å². The number of anilines is 1. The molecule has 6 heteroatoms. The Bertz CT molecular complexity index is 331. The van der Waals surface area contributed by atoms with Crippen LogP contribution >= 0.6 is 23.2 Å². The Labute approximate surface area is 84.2 Å². The van der Waals surface area contributed by atoms with Gasteiger partial charge in [0.05, 0.1) is 21.3 Å². The maximum Gasteiger partial charge on any atom is 0.338 e. The zero-order valence-electron chi connectivity index (χ0n) is 6.34. The average Bonchev–Trinajstić information content (AvgIpc) is 2.02. The van der Waals surface area contributed by atoms with Crippen LogP contribution < -0.4 is 11.3 Å². The summed E-state index contributed by atoms with van der Waals surface area (Å²) in [7, 11) is 0. The SMILES string of the molecule is NNc1cc(Cl)c(C(=O)O)c(Cl)c1. The van der Waals surface area contributed by atoms with E-state index in [0.717, 1.165) is 0 Å². The van der Waals surface area contributed by atoms with Gasteiger partial charge in [0.1, 0.15) is 0 Å². The van der Waals surface area contributed by atoms with Crippen LogP contribution in [-0.4, -0.2) is 11.1 Å². The third-order valence-electron chi connectivity index (χ3n) is 1.42. The molecule has 0 fully saturated rings. The maximum absolute atomic E-state index is 10.6. The highest BCUT2D eigenvalue weighted by atomic mass is 35.5. The van der Waals surface area contributed by atoms with Crippen molar-refractivity contribution < 1.29 is 9.90 Å². The van der Waals surface area contributed by atoms with Gasteiger partial charge in [-0.05, 0) is 12.1 Å². The Balaban J connectivity index is 3.31. The summed E-state index contributed by atoms with van der Waals surface area (Å²) in [6.07, 6.45) is 0. The number of aromatic carboxylic acids is 1. The number of hydrogen-bond acceptors (Lipinski definition) is 3. The monoisotopic (exact) mass is 220 g/mol. The van der Waals surface area contributed by atoms with Crippen LogP contribution in [0, 0.1) is 0 Å². The number of benzene rings is 1. The average molecular weight is 221 g/mol. The fourth-order valence-electron chi connectivity index (χ4n) is 0.861. The van der Waals surface area contributed by atoms with E-state index in [-0.39, 0.29) is 15.6 Å². The number of carbonyl (C=O) groups is 1. The second-order valence-corrected chi connectivity index (χ2v) is 3.08. The van der Waals surface area contributed by atoms with Gasteiger partial charge in [-0.2, -0.15) is 0 Å². The molecule has 0 bridgehead atoms. The smallest absolute Gasteiger partial charge is 0.338 e. The van der Waals surface area contributed by atoms with Gasteiger partial charge in [-0.25, -0.2) is 4.79 Å². The molecule has 1 rings (SSSR count). The summed E-state index contributed by atoms with van der Waals surface area (Å²) in [5.41, 5.74) is 2.65. The lowest BCUT2D eigenvalue weighted by atomic mass is 10.2. The number of hydrogen-bond donors (Lipinski definition) is 3. The van der Waals surface area contributed by atoms with Crippen LogP contribution in [0.3, 0.4) is 0 Å². The summed E-state index contributed by atoms with van der Waals surface area (Å²) in [6.45, 7) is 0. The molecule has 0 radical (unpaired) electrons. The van der Waals surface area contributed by atoms with Crippen molar-refractivity contribution in [2.24, 2.45) is 5.84 Å². The summed E-state index contributed by atoms with van der Waals surface area (Å²) in [6, 6.07) is 2.77. The molecule has 0 saturated heterocycles. The zero-order valence-corrected chi connectivity index (χ0v) is 7.86. The normalized spacial score (nSPS) is 9.77. The summed E-state index contributed by atoms with van der Waals surface area (Å²) < 4.78 is 0. The Morgan fingerprint density at radius 2 is 1.85 bits per heavy atom. The number of carboxylic acids is 1. The second-order valence-electron chi connectivity index (χ2n) is 2.26. The molecule has 0 aliphatic heterocycles. The van der Waals surface area contributed by atoms with E-state index in [1.807, 2.05) is 0 Å². The summed E-state index contributed by atoms with van der Waals surface area (Å²) >= 11 is 11.3. The predicted molar refractivity (Wildman–Crippen MR) is 51.2 cm³/mol. The van der Waals surface area contributed by atoms with Crippen LogP contribution in [-0.2, 0) is 0 Å². The Morgan fingerprint density at radius 1 is 1.38 bits per heavy atom. The minimum atomic E-state index is -1.17. The molecule has 0 atom stereocenters. The number of nitrogen functional groups attached to an aromatic ring is 1. The second kappa shape index (κ2) is 3.83. The van der Waals surface area contributed by atoms with Gasteiger partial charge in [0.15, 0.2) is 0 Å². The molecular weight excluding hydrogens is 215 g/mol. The summed E-state index contributed by atoms with van der Waals surface area (Å²) in [5.74, 6) is 3.93. The van der Waals surface area contributed by atoms with Gasteiger partial charge in [0, 0.05) is 0 Å². The first kappa shape index (κ1) is 10.1. The molecule has 0 spiro atoms. The van der Waals surface area contributed by atoms with Crippen molar-refractivity contribution in [3.8, 4) is 0 Å². The lowest BCUT2D eigenvalue weighted by molar-refractivity contribution is 0.0697. The van der Waals surface area contributed by atoms with E-state index in [4.69, 9.17) is 34.2 Å². The third-order valence-corrected chi connectivity index (χ3v) is 2.02. The topological polar surface area (TPSA) is 75.3 Å². The van der Waals surface area contributed by atoms with E-state index in [1.54, 1.807) is 0 Å². The van der Waals surface area contributed by atoms with E-state index in [9.17, 15) is 4.79 Å². The van der Waals surface area contributed by atoms with Crippen LogP contribution in [0.5, 0.6) is 0 Å². The van der Waals surface area contributed by atoms with Crippen LogP contribution in [0.2, 0.25) is 10.0 Å². The highest BCUT2D eigenvalue weighted by molar-refractivity contribution is 6.39. The Hall–Kier alpha value is -0.970. The molecule has 13 heavy (non-hydrogen) atoms. The van der Waals surface area contributed by atoms with Crippen LogP contribution in [0.1, 0.15) is 10.4 Å². The largest absolute Gasteiger partial charge is 0.478 e. The van der Waals surface area contributed by atoms with Gasteiger partial charge < -0.3 is 10.5 Å². The van der Waals surface area contributed by atoms with E-state index in [0.29, 0.717) is 5.69 Å². The first-order valence-electron chi connectivity index (χ1n) is 3.25. The molecule has 1 aromatic carbocycles. The first-order chi connectivity index (χ1) is 6.06. The van der Waals surface area contributed by atoms with Crippen molar-refractivity contribution in [3.05, 3.63) is 27.7 Å². The van der Waals surface area contributed by atoms with Crippen LogP contribution in [0.4, 0.5) is 5.69 Å². The molecule has 1 aromatic rings. The van der Waals surface area contributed by atoms with Gasteiger partial charge in [-0.15, -0.1) is 0 Å². The number of halogens is 2. The van der Waals surface area contributed by atoms with Crippen molar-refractivity contribution >= 4 is 34.9 Å². The molecule has 0 aliphatic carbocycles. The van der Waals surface area contributed by atoms with E-state index < -0.39 is 5.97 Å². The highest BCUT2D eigenvalue weighted by Crippen LogP contribution is 2.28. The Morgan fingerprint density at radius 3 is 2.15 bits per heavy atom. The molecule has 0 aromatic heterocycles. The molecule has 0 aliphatic rings. The van der Waals surface area contributed by atoms with Gasteiger partial charge in [-0.1, -0.05) is 23.2 Å². The fraction of sp³-hybridized carbons (Fsp3) is 0. The minimum absolute atomic E-state index is 0.0490. The molecule has 4 nitrogen and oxygen atoms in total. The Kier molecular flexibility index (Phi) is 2.98. The van der Waals surface area contributed by atoms with Crippen molar-refractivity contribution in [1.29, 1.82) is 0 Å². The standard InChI is InChI=1S/C7H6Cl2N2O2/c8-4-1-3(11-10)2-5(9)6(4)7(12)13/h1-2,11H,10H2,(H,12,13). The quantitative estimate of drug-likeness (QED) is 0.527. The summed E-state index contributed by atoms with van der Waals surface area (Å²) in [5, 5.41) is 8.79. The van der Waals surface area contributed by atoms with Crippen LogP contribution in [0.15, 0.2) is 12.1 Å². The zero-order chi connectivity index (χ0) is 10.0. The van der Waals surface area contributed by atoms with Gasteiger partial charge in [0.2, 0.25) is 0 Å². The lowest BCUT2D eigenvalue weighted by Gasteiger charge is -2.05. The summed E-state index contributed by atoms with van der Waals surface area (Å²) in [4.78, 5) is 10.6. The lowest BCUT2D eigenvalue weighted by Crippen LogP contribution is -2.08. The highest BCUT2D eigenvalue weighted by Gasteiger charge is 2.14. The molecule has 0 amide bonds. The predicted octanol–water partition coefficient (Wildman–Crippen LogP) is 1.98. The first-order valence-corrected chi connectivity index (χ1v) is 4.01. The van der Waals surface area contributed by atoms with Gasteiger partial charge in [0.25, 0.3) is 0 Å². The fourth-order valence-corrected chi connectivity index (χ4v) is 1.51. The molecule has 4 N–H and O–H groups in total. The van der Waals surface area contributed by atoms with Crippen molar-refractivity contribution in [2.75, 3.05) is 5.43 Å². The van der Waals surface area contributed by atoms with Crippen LogP contribution in [0.25, 0.3) is 0 Å². The van der Waals surface area contributed by atoms with E-state index >= 15 is 0 Å². The van der Waals surface area contributed by atoms with E-state index in [2.05, 4.69) is 5.43 Å². The minimum Gasteiger partial charge on any atom is -0.478 e. The molecule has 70 valence electrons. The number of nitrogens with one attached hydrogen (secondary N) is 1. The molecular formula is C7H6Cl2N2O2. The van der Waals surface area contributed by atoms with Crippen molar-refractivity contribution in [2.45, 2.75) is 0 Å². The van der Waals surface area contributed by atoms with Gasteiger partial charge >= 0.3 is 5.97 Å². The number of hydrazine groups is 1. The van der Waals surface area contributed by atoms with Gasteiger partial charge in [-0.3, -0.25) is 5.84 Å². The molecule has 0 heterocycles. The van der Waals surface area contributed by atoms with Crippen molar-refractivity contribution in [3.63, 3.8) is 0 Å².